The number of anilines is 1. The van der Waals surface area contributed by atoms with Crippen LogP contribution in [0, 0.1) is 17.1 Å². The van der Waals surface area contributed by atoms with Crippen LogP contribution in [0.5, 0.6) is 0 Å². The third kappa shape index (κ3) is 3.70. The Labute approximate surface area is 180 Å². The molecule has 8 heteroatoms. The van der Waals surface area contributed by atoms with Crippen LogP contribution in [0.3, 0.4) is 0 Å². The van der Waals surface area contributed by atoms with Crippen LogP contribution in [0.2, 0.25) is 5.02 Å². The Morgan fingerprint density at radius 3 is 2.76 bits per heavy atom. The number of hydrogen-bond donors (Lipinski definition) is 0. The number of halogens is 2. The summed E-state index contributed by atoms with van der Waals surface area (Å²) in [5.74, 6) is 0.0507. The first-order valence-corrected chi connectivity index (χ1v) is 9.90. The minimum Gasteiger partial charge on any atom is -0.457 e. The minimum atomic E-state index is -0.572. The van der Waals surface area contributed by atoms with Crippen LogP contribution >= 0.6 is 35.6 Å². The van der Waals surface area contributed by atoms with E-state index in [2.05, 4.69) is 6.07 Å². The fourth-order valence-corrected chi connectivity index (χ4v) is 4.27. The van der Waals surface area contributed by atoms with Crippen molar-refractivity contribution < 1.29 is 13.6 Å². The highest BCUT2D eigenvalue weighted by Gasteiger charge is 2.34. The topological polar surface area (TPSA) is 57.2 Å². The van der Waals surface area contributed by atoms with E-state index in [-0.39, 0.29) is 10.9 Å². The van der Waals surface area contributed by atoms with Crippen LogP contribution in [0.1, 0.15) is 11.3 Å². The Morgan fingerprint density at radius 1 is 1.21 bits per heavy atom. The van der Waals surface area contributed by atoms with Gasteiger partial charge in [0.2, 0.25) is 0 Å². The molecule has 1 saturated heterocycles. The lowest BCUT2D eigenvalue weighted by Gasteiger charge is -2.14. The number of rotatable bonds is 3. The van der Waals surface area contributed by atoms with Crippen LogP contribution in [-0.4, -0.2) is 10.2 Å². The summed E-state index contributed by atoms with van der Waals surface area (Å²) < 4.78 is 19.5. The zero-order chi connectivity index (χ0) is 20.5. The number of carbonyl (C=O) groups excluding carboxylic acids is 1. The van der Waals surface area contributed by atoms with Crippen LogP contribution in [0.15, 0.2) is 63.9 Å². The maximum Gasteiger partial charge on any atom is 0.270 e. The monoisotopic (exact) mass is 440 g/mol. The zero-order valence-electron chi connectivity index (χ0n) is 14.6. The molecule has 0 spiro atoms. The Hall–Kier alpha value is -2.92. The Morgan fingerprint density at radius 2 is 2.00 bits per heavy atom. The van der Waals surface area contributed by atoms with Gasteiger partial charge in [-0.3, -0.25) is 9.69 Å². The Balaban J connectivity index is 1.64. The molecule has 2 aromatic carbocycles. The van der Waals surface area contributed by atoms with Gasteiger partial charge in [-0.2, -0.15) is 5.26 Å². The predicted octanol–water partition coefficient (Wildman–Crippen LogP) is 6.02. The smallest absolute Gasteiger partial charge is 0.270 e. The molecular weight excluding hydrogens is 431 g/mol. The van der Waals surface area contributed by atoms with Crippen molar-refractivity contribution in [3.63, 3.8) is 0 Å². The molecule has 1 aliphatic rings. The molecule has 2 heterocycles. The summed E-state index contributed by atoms with van der Waals surface area (Å²) in [5, 5.41) is 9.16. The average Bonchev–Trinajstić information content (AvgIpc) is 3.29. The molecule has 0 unspecified atom stereocenters. The second-order valence-electron chi connectivity index (χ2n) is 5.97. The summed E-state index contributed by atoms with van der Waals surface area (Å²) >= 11 is 12.2. The van der Waals surface area contributed by atoms with Crippen molar-refractivity contribution >= 4 is 57.6 Å². The van der Waals surface area contributed by atoms with E-state index >= 15 is 0 Å². The second kappa shape index (κ2) is 7.84. The molecule has 1 aliphatic heterocycles. The summed E-state index contributed by atoms with van der Waals surface area (Å²) in [5.41, 5.74) is 1.56. The molecular formula is C21H10ClFN2O2S2. The van der Waals surface area contributed by atoms with E-state index in [9.17, 15) is 14.4 Å². The lowest BCUT2D eigenvalue weighted by molar-refractivity contribution is -0.113. The summed E-state index contributed by atoms with van der Waals surface area (Å²) in [4.78, 5) is 14.5. The van der Waals surface area contributed by atoms with Gasteiger partial charge in [0.15, 0.2) is 4.32 Å². The first-order valence-electron chi connectivity index (χ1n) is 8.30. The van der Waals surface area contributed by atoms with Crippen molar-refractivity contribution in [3.05, 3.63) is 81.7 Å². The number of thioether (sulfide) groups is 1. The van der Waals surface area contributed by atoms with Crippen LogP contribution < -0.4 is 4.90 Å². The average molecular weight is 441 g/mol. The first kappa shape index (κ1) is 19.4. The van der Waals surface area contributed by atoms with Gasteiger partial charge in [0.25, 0.3) is 5.91 Å². The molecule has 1 amide bonds. The second-order valence-corrected chi connectivity index (χ2v) is 8.06. The van der Waals surface area contributed by atoms with Gasteiger partial charge in [-0.1, -0.05) is 47.7 Å². The van der Waals surface area contributed by atoms with E-state index < -0.39 is 5.82 Å². The van der Waals surface area contributed by atoms with Crippen LogP contribution in [0.25, 0.3) is 17.4 Å². The Bertz CT molecular complexity index is 1230. The maximum atomic E-state index is 13.4. The van der Waals surface area contributed by atoms with E-state index in [4.69, 9.17) is 28.2 Å². The number of benzene rings is 2. The van der Waals surface area contributed by atoms with Gasteiger partial charge in [0, 0.05) is 11.6 Å². The van der Waals surface area contributed by atoms with Crippen molar-refractivity contribution in [2.24, 2.45) is 0 Å². The summed E-state index contributed by atoms with van der Waals surface area (Å²) in [7, 11) is 0. The third-order valence-electron chi connectivity index (χ3n) is 4.17. The van der Waals surface area contributed by atoms with Gasteiger partial charge in [-0.05, 0) is 42.5 Å². The van der Waals surface area contributed by atoms with E-state index in [1.807, 2.05) is 6.07 Å². The standard InChI is InChI=1S/C21H10ClFN2O2S2/c22-16-9-13(5-7-17(16)23)25-20(26)19(29-21(25)28)10-14-6-8-18(27-14)15-4-2-1-3-12(15)11-24/h1-10H/b19-10+. The fourth-order valence-electron chi connectivity index (χ4n) is 2.81. The quantitative estimate of drug-likeness (QED) is 0.368. The molecule has 0 aliphatic carbocycles. The molecule has 142 valence electrons. The molecule has 29 heavy (non-hydrogen) atoms. The number of nitrogens with zero attached hydrogens (tertiary/aromatic N) is 2. The number of amides is 1. The first-order chi connectivity index (χ1) is 14.0. The van der Waals surface area contributed by atoms with Gasteiger partial charge in [-0.15, -0.1) is 0 Å². The van der Waals surface area contributed by atoms with Crippen LogP contribution in [-0.2, 0) is 4.79 Å². The van der Waals surface area contributed by atoms with Crippen molar-refractivity contribution in [2.45, 2.75) is 0 Å². The fraction of sp³-hybridized carbons (Fsp3) is 0. The zero-order valence-corrected chi connectivity index (χ0v) is 16.9. The number of furan rings is 1. The SMILES string of the molecule is N#Cc1ccccc1-c1ccc(/C=C2/SC(=S)N(c3ccc(F)c(Cl)c3)C2=O)o1. The van der Waals surface area contributed by atoms with Crippen molar-refractivity contribution in [1.82, 2.24) is 0 Å². The molecule has 0 saturated carbocycles. The van der Waals surface area contributed by atoms with Crippen molar-refractivity contribution in [1.29, 1.82) is 5.26 Å². The molecule has 0 atom stereocenters. The number of carbonyl (C=O) groups is 1. The molecule has 0 radical (unpaired) electrons. The normalized spacial score (nSPS) is 15.2. The lowest BCUT2D eigenvalue weighted by Crippen LogP contribution is -2.27. The van der Waals surface area contributed by atoms with Gasteiger partial charge in [-0.25, -0.2) is 4.39 Å². The molecule has 0 bridgehead atoms. The van der Waals surface area contributed by atoms with Gasteiger partial charge in [0.1, 0.15) is 17.3 Å². The minimum absolute atomic E-state index is 0.0904. The van der Waals surface area contributed by atoms with Crippen molar-refractivity contribution in [2.75, 3.05) is 4.90 Å². The largest absolute Gasteiger partial charge is 0.457 e. The molecule has 1 fully saturated rings. The van der Waals surface area contributed by atoms with Crippen LogP contribution in [0.4, 0.5) is 10.1 Å². The molecule has 4 rings (SSSR count). The third-order valence-corrected chi connectivity index (χ3v) is 5.76. The van der Waals surface area contributed by atoms with E-state index in [0.717, 1.165) is 11.8 Å². The Kier molecular flexibility index (Phi) is 5.24. The summed E-state index contributed by atoms with van der Waals surface area (Å²) in [6.45, 7) is 0. The number of thiocarbonyl (C=S) groups is 1. The molecule has 0 N–H and O–H groups in total. The summed E-state index contributed by atoms with van der Waals surface area (Å²) in [6, 6.07) is 16.7. The van der Waals surface area contributed by atoms with E-state index in [0.29, 0.717) is 37.6 Å². The lowest BCUT2D eigenvalue weighted by atomic mass is 10.1. The molecule has 4 nitrogen and oxygen atoms in total. The van der Waals surface area contributed by atoms with Gasteiger partial charge < -0.3 is 4.42 Å². The highest BCUT2D eigenvalue weighted by molar-refractivity contribution is 8.27. The van der Waals surface area contributed by atoms with Gasteiger partial charge >= 0.3 is 0 Å². The van der Waals surface area contributed by atoms with Gasteiger partial charge in [0.05, 0.1) is 27.2 Å². The predicted molar refractivity (Wildman–Crippen MR) is 116 cm³/mol. The van der Waals surface area contributed by atoms with E-state index in [1.165, 1.54) is 23.1 Å². The highest BCUT2D eigenvalue weighted by atomic mass is 35.5. The number of nitriles is 1. The molecule has 3 aromatic rings. The maximum absolute atomic E-state index is 13.4. The van der Waals surface area contributed by atoms with E-state index in [1.54, 1.807) is 36.4 Å². The molecule has 1 aromatic heterocycles. The number of hydrogen-bond acceptors (Lipinski definition) is 5. The summed E-state index contributed by atoms with van der Waals surface area (Å²) in [6.07, 6.45) is 1.59. The van der Waals surface area contributed by atoms with Crippen molar-refractivity contribution in [3.8, 4) is 17.4 Å². The highest BCUT2D eigenvalue weighted by Crippen LogP contribution is 2.37.